The maximum Gasteiger partial charge on any atom is 0.433 e. The minimum atomic E-state index is -4.60. The maximum atomic E-state index is 12.6. The summed E-state index contributed by atoms with van der Waals surface area (Å²) in [5.74, 6) is 1.69. The van der Waals surface area contributed by atoms with Crippen LogP contribution in [0.4, 0.5) is 19.0 Å². The molecular weight excluding hydrogens is 359 g/mol. The Balaban J connectivity index is 1.40. The van der Waals surface area contributed by atoms with E-state index >= 15 is 0 Å². The van der Waals surface area contributed by atoms with E-state index in [1.54, 1.807) is 12.4 Å². The highest BCUT2D eigenvalue weighted by molar-refractivity contribution is 5.46. The minimum Gasteiger partial charge on any atom is -0.355 e. The van der Waals surface area contributed by atoms with Gasteiger partial charge in [0.2, 0.25) is 0 Å². The van der Waals surface area contributed by atoms with Gasteiger partial charge in [-0.3, -0.25) is 14.3 Å². The second-order valence-corrected chi connectivity index (χ2v) is 7.23. The van der Waals surface area contributed by atoms with E-state index in [-0.39, 0.29) is 5.92 Å². The smallest absolute Gasteiger partial charge is 0.355 e. The molecule has 1 aliphatic carbocycles. The Morgan fingerprint density at radius 2 is 1.74 bits per heavy atom. The number of rotatable bonds is 4. The molecule has 2 aromatic rings. The highest BCUT2D eigenvalue weighted by atomic mass is 19.4. The fourth-order valence-corrected chi connectivity index (χ4v) is 3.55. The van der Waals surface area contributed by atoms with Gasteiger partial charge in [-0.25, -0.2) is 9.97 Å². The summed E-state index contributed by atoms with van der Waals surface area (Å²) < 4.78 is 39.2. The summed E-state index contributed by atoms with van der Waals surface area (Å²) in [5.41, 5.74) is -0.738. The Labute approximate surface area is 154 Å². The number of hydrogen-bond donors (Lipinski definition) is 0. The Hall–Kier alpha value is -2.45. The lowest BCUT2D eigenvalue weighted by Crippen LogP contribution is -2.37. The second-order valence-electron chi connectivity index (χ2n) is 7.23. The van der Waals surface area contributed by atoms with Gasteiger partial charge in [-0.05, 0) is 31.6 Å². The van der Waals surface area contributed by atoms with Crippen LogP contribution >= 0.6 is 0 Å². The minimum absolute atomic E-state index is 0.221. The molecule has 0 radical (unpaired) electrons. The van der Waals surface area contributed by atoms with Crippen molar-refractivity contribution in [1.82, 2.24) is 19.5 Å². The molecule has 2 aliphatic rings. The summed E-state index contributed by atoms with van der Waals surface area (Å²) >= 11 is 0. The van der Waals surface area contributed by atoms with Crippen molar-refractivity contribution in [2.45, 2.75) is 44.3 Å². The fraction of sp³-hybridized carbons (Fsp3) is 0.556. The molecule has 27 heavy (non-hydrogen) atoms. The van der Waals surface area contributed by atoms with Crippen molar-refractivity contribution in [3.8, 4) is 0 Å². The molecule has 2 fully saturated rings. The van der Waals surface area contributed by atoms with Crippen LogP contribution in [0.25, 0.3) is 0 Å². The lowest BCUT2D eigenvalue weighted by molar-refractivity contribution is -0.141. The molecule has 6 nitrogen and oxygen atoms in total. The number of halogens is 3. The number of anilines is 1. The average Bonchev–Trinajstić information content (AvgIpc) is 3.48. The predicted molar refractivity (Wildman–Crippen MR) is 92.4 cm³/mol. The molecule has 1 aliphatic heterocycles. The average molecular weight is 379 g/mol. The maximum absolute atomic E-state index is 12.6. The number of piperidine rings is 1. The first-order valence-electron chi connectivity index (χ1n) is 9.11. The van der Waals surface area contributed by atoms with Crippen LogP contribution in [0.15, 0.2) is 29.6 Å². The molecule has 9 heteroatoms. The Morgan fingerprint density at radius 3 is 2.37 bits per heavy atom. The van der Waals surface area contributed by atoms with E-state index in [0.29, 0.717) is 18.5 Å². The molecule has 0 bridgehead atoms. The molecule has 0 amide bonds. The Kier molecular flexibility index (Phi) is 4.61. The Morgan fingerprint density at radius 1 is 1.04 bits per heavy atom. The van der Waals surface area contributed by atoms with Crippen LogP contribution in [0, 0.1) is 5.92 Å². The third-order valence-corrected chi connectivity index (χ3v) is 5.21. The van der Waals surface area contributed by atoms with E-state index < -0.39 is 17.4 Å². The van der Waals surface area contributed by atoms with Crippen molar-refractivity contribution in [3.63, 3.8) is 0 Å². The van der Waals surface area contributed by atoms with Crippen LogP contribution in [0.1, 0.15) is 43.0 Å². The summed E-state index contributed by atoms with van der Waals surface area (Å²) in [6.45, 7) is 1.98. The molecule has 0 atom stereocenters. The topological polar surface area (TPSA) is 63.9 Å². The normalized spacial score (nSPS) is 18.7. The monoisotopic (exact) mass is 379 g/mol. The number of hydrogen-bond acceptors (Lipinski definition) is 5. The first-order valence-corrected chi connectivity index (χ1v) is 9.11. The lowest BCUT2D eigenvalue weighted by Gasteiger charge is -2.33. The molecule has 0 aromatic carbocycles. The largest absolute Gasteiger partial charge is 0.433 e. The quantitative estimate of drug-likeness (QED) is 0.817. The summed E-state index contributed by atoms with van der Waals surface area (Å²) in [6, 6.07) is 0.566. The van der Waals surface area contributed by atoms with Crippen molar-refractivity contribution in [1.29, 1.82) is 0 Å². The second kappa shape index (κ2) is 6.94. The van der Waals surface area contributed by atoms with Crippen molar-refractivity contribution in [2.24, 2.45) is 5.92 Å². The third kappa shape index (κ3) is 3.96. The highest BCUT2D eigenvalue weighted by Gasteiger charge is 2.33. The summed E-state index contributed by atoms with van der Waals surface area (Å²) in [6.07, 6.45) is 3.85. The van der Waals surface area contributed by atoms with E-state index in [1.807, 2.05) is 0 Å². The first kappa shape index (κ1) is 17.9. The van der Waals surface area contributed by atoms with Gasteiger partial charge < -0.3 is 4.90 Å². The van der Waals surface area contributed by atoms with Gasteiger partial charge in [0, 0.05) is 44.0 Å². The summed E-state index contributed by atoms with van der Waals surface area (Å²) in [4.78, 5) is 26.6. The standard InChI is InChI=1S/C18H20F3N5O/c19-18(20,21)14-9-15(27)26(11-24-14)10-12-3-7-25(8-4-12)17-16(13-1-2-13)22-5-6-23-17/h5-6,9,11-13H,1-4,7-8,10H2. The summed E-state index contributed by atoms with van der Waals surface area (Å²) in [7, 11) is 0. The zero-order valence-corrected chi connectivity index (χ0v) is 14.7. The number of aromatic nitrogens is 4. The van der Waals surface area contributed by atoms with Crippen LogP contribution < -0.4 is 10.5 Å². The van der Waals surface area contributed by atoms with E-state index in [1.165, 1.54) is 4.57 Å². The fourth-order valence-electron chi connectivity index (χ4n) is 3.55. The van der Waals surface area contributed by atoms with Crippen LogP contribution in [0.2, 0.25) is 0 Å². The van der Waals surface area contributed by atoms with E-state index in [2.05, 4.69) is 19.9 Å². The van der Waals surface area contributed by atoms with Crippen molar-refractivity contribution < 1.29 is 13.2 Å². The molecule has 1 saturated carbocycles. The zero-order chi connectivity index (χ0) is 19.0. The number of alkyl halides is 3. The van der Waals surface area contributed by atoms with Crippen molar-refractivity contribution >= 4 is 5.82 Å². The van der Waals surface area contributed by atoms with Crippen LogP contribution in [-0.4, -0.2) is 32.6 Å². The predicted octanol–water partition coefficient (Wildman–Crippen LogP) is 2.85. The van der Waals surface area contributed by atoms with Crippen molar-refractivity contribution in [3.05, 3.63) is 46.5 Å². The van der Waals surface area contributed by atoms with Gasteiger partial charge in [0.15, 0.2) is 11.5 Å². The SMILES string of the molecule is O=c1cc(C(F)(F)F)ncn1CC1CCN(c2nccnc2C2CC2)CC1. The molecule has 1 saturated heterocycles. The molecule has 2 aromatic heterocycles. The van der Waals surface area contributed by atoms with Gasteiger partial charge >= 0.3 is 6.18 Å². The van der Waals surface area contributed by atoms with Crippen LogP contribution in [-0.2, 0) is 12.7 Å². The molecule has 0 spiro atoms. The lowest BCUT2D eigenvalue weighted by atomic mass is 9.96. The molecular formula is C18H20F3N5O. The third-order valence-electron chi connectivity index (χ3n) is 5.21. The van der Waals surface area contributed by atoms with Gasteiger partial charge in [-0.1, -0.05) is 0 Å². The Bertz CT molecular complexity index is 870. The first-order chi connectivity index (χ1) is 12.9. The summed E-state index contributed by atoms with van der Waals surface area (Å²) in [5, 5.41) is 0. The molecule has 3 heterocycles. The van der Waals surface area contributed by atoms with Crippen LogP contribution in [0.5, 0.6) is 0 Å². The van der Waals surface area contributed by atoms with Gasteiger partial charge in [0.25, 0.3) is 5.56 Å². The van der Waals surface area contributed by atoms with Gasteiger partial charge in [0.1, 0.15) is 0 Å². The zero-order valence-electron chi connectivity index (χ0n) is 14.7. The van der Waals surface area contributed by atoms with Crippen molar-refractivity contribution in [2.75, 3.05) is 18.0 Å². The van der Waals surface area contributed by atoms with E-state index in [0.717, 1.165) is 56.6 Å². The van der Waals surface area contributed by atoms with Gasteiger partial charge in [-0.15, -0.1) is 0 Å². The molecule has 144 valence electrons. The molecule has 0 N–H and O–H groups in total. The molecule has 0 unspecified atom stereocenters. The van der Waals surface area contributed by atoms with Gasteiger partial charge in [-0.2, -0.15) is 13.2 Å². The van der Waals surface area contributed by atoms with Crippen LogP contribution in [0.3, 0.4) is 0 Å². The molecule has 4 rings (SSSR count). The number of nitrogens with zero attached hydrogens (tertiary/aromatic N) is 5. The van der Waals surface area contributed by atoms with Gasteiger partial charge in [0.05, 0.1) is 12.0 Å². The van der Waals surface area contributed by atoms with E-state index in [9.17, 15) is 18.0 Å². The van der Waals surface area contributed by atoms with E-state index in [4.69, 9.17) is 0 Å². The highest BCUT2D eigenvalue weighted by Crippen LogP contribution is 2.42.